The highest BCUT2D eigenvalue weighted by Crippen LogP contribution is 2.52. The molecule has 134 valence electrons. The fourth-order valence-electron chi connectivity index (χ4n) is 4.19. The number of fused-ring (bicyclic) bond motifs is 1. The fourth-order valence-corrected chi connectivity index (χ4v) is 4.91. The molecule has 0 radical (unpaired) electrons. The molecule has 2 saturated heterocycles. The van der Waals surface area contributed by atoms with Crippen LogP contribution in [0.1, 0.15) is 31.1 Å². The molecule has 0 saturated carbocycles. The maximum Gasteiger partial charge on any atom is 0.312 e. The third-order valence-corrected chi connectivity index (χ3v) is 6.23. The van der Waals surface area contributed by atoms with Crippen LogP contribution in [0.3, 0.4) is 0 Å². The summed E-state index contributed by atoms with van der Waals surface area (Å²) >= 11 is 1.64. The van der Waals surface area contributed by atoms with Crippen LogP contribution in [0.5, 0.6) is 0 Å². The summed E-state index contributed by atoms with van der Waals surface area (Å²) < 4.78 is 11.5. The number of thiophene rings is 1. The van der Waals surface area contributed by atoms with Gasteiger partial charge in [-0.25, -0.2) is 0 Å². The Morgan fingerprint density at radius 2 is 2.36 bits per heavy atom. The molecule has 6 heteroatoms. The lowest BCUT2D eigenvalue weighted by Crippen LogP contribution is -2.40. The molecule has 25 heavy (non-hydrogen) atoms. The number of amides is 1. The molecule has 4 rings (SSSR count). The van der Waals surface area contributed by atoms with Crippen molar-refractivity contribution in [1.82, 2.24) is 4.90 Å². The van der Waals surface area contributed by atoms with Gasteiger partial charge in [0.25, 0.3) is 0 Å². The van der Waals surface area contributed by atoms with Crippen molar-refractivity contribution < 1.29 is 19.1 Å². The van der Waals surface area contributed by atoms with E-state index in [0.717, 1.165) is 24.1 Å². The van der Waals surface area contributed by atoms with Gasteiger partial charge in [-0.2, -0.15) is 0 Å². The van der Waals surface area contributed by atoms with Crippen LogP contribution in [0.4, 0.5) is 0 Å². The maximum absolute atomic E-state index is 13.0. The maximum atomic E-state index is 13.0. The summed E-state index contributed by atoms with van der Waals surface area (Å²) in [6.45, 7) is 3.63. The van der Waals surface area contributed by atoms with E-state index >= 15 is 0 Å². The van der Waals surface area contributed by atoms with E-state index < -0.39 is 17.4 Å². The number of carbonyl (C=O) groups excluding carboxylic acids is 2. The Morgan fingerprint density at radius 3 is 3.12 bits per heavy atom. The van der Waals surface area contributed by atoms with Gasteiger partial charge in [0.1, 0.15) is 11.5 Å². The SMILES string of the molecule is CCCCCOC(=O)[C@H]1[C@@H]2C=C[C@]3(CN(Cc4cccs4)C(=O)[C@H]13)O2. The molecule has 4 atom stereocenters. The van der Waals surface area contributed by atoms with E-state index in [-0.39, 0.29) is 18.0 Å². The Hall–Kier alpha value is -1.66. The Morgan fingerprint density at radius 1 is 1.48 bits per heavy atom. The normalized spacial score (nSPS) is 32.4. The monoisotopic (exact) mass is 361 g/mol. The zero-order valence-corrected chi connectivity index (χ0v) is 15.2. The molecule has 3 aliphatic rings. The van der Waals surface area contributed by atoms with Gasteiger partial charge in [0.05, 0.1) is 31.7 Å². The Labute approximate surface area is 151 Å². The first-order valence-electron chi connectivity index (χ1n) is 8.99. The number of esters is 1. The zero-order chi connectivity index (χ0) is 17.4. The van der Waals surface area contributed by atoms with Crippen LogP contribution in [0.15, 0.2) is 29.7 Å². The van der Waals surface area contributed by atoms with Crippen molar-refractivity contribution in [2.24, 2.45) is 11.8 Å². The summed E-state index contributed by atoms with van der Waals surface area (Å²) in [5.41, 5.74) is -0.647. The summed E-state index contributed by atoms with van der Waals surface area (Å²) in [5, 5.41) is 2.01. The minimum absolute atomic E-state index is 0.00996. The number of carbonyl (C=O) groups is 2. The van der Waals surface area contributed by atoms with Gasteiger partial charge in [0.15, 0.2) is 0 Å². The van der Waals surface area contributed by atoms with Crippen molar-refractivity contribution in [3.8, 4) is 0 Å². The quantitative estimate of drug-likeness (QED) is 0.426. The van der Waals surface area contributed by atoms with E-state index in [9.17, 15) is 9.59 Å². The van der Waals surface area contributed by atoms with Gasteiger partial charge in [0, 0.05) is 4.88 Å². The van der Waals surface area contributed by atoms with E-state index in [1.54, 1.807) is 11.3 Å². The molecular weight excluding hydrogens is 338 g/mol. The van der Waals surface area contributed by atoms with Crippen molar-refractivity contribution in [3.63, 3.8) is 0 Å². The van der Waals surface area contributed by atoms with Gasteiger partial charge in [-0.3, -0.25) is 9.59 Å². The number of hydrogen-bond donors (Lipinski definition) is 0. The van der Waals surface area contributed by atoms with Crippen LogP contribution >= 0.6 is 11.3 Å². The number of unbranched alkanes of at least 4 members (excludes halogenated alkanes) is 2. The number of rotatable bonds is 7. The van der Waals surface area contributed by atoms with Gasteiger partial charge in [-0.05, 0) is 17.9 Å². The highest BCUT2D eigenvalue weighted by molar-refractivity contribution is 7.09. The predicted octanol–water partition coefficient (Wildman–Crippen LogP) is 2.76. The van der Waals surface area contributed by atoms with Crippen LogP contribution in [0.2, 0.25) is 0 Å². The standard InChI is InChI=1S/C19H23NO4S/c1-2-3-4-9-23-18(22)15-14-7-8-19(24-14)12-20(17(21)16(15)19)11-13-6-5-10-25-13/h5-8,10,14-16H,2-4,9,11-12H2,1H3/t14-,15-,16-,19+/m0/s1. The summed E-state index contributed by atoms with van der Waals surface area (Å²) in [6, 6.07) is 4.01. The molecule has 2 fully saturated rings. The first kappa shape index (κ1) is 16.8. The first-order valence-corrected chi connectivity index (χ1v) is 9.87. The Bertz CT molecular complexity index is 686. The Balaban J connectivity index is 1.47. The highest BCUT2D eigenvalue weighted by Gasteiger charge is 2.67. The van der Waals surface area contributed by atoms with Crippen LogP contribution in [0.25, 0.3) is 0 Å². The largest absolute Gasteiger partial charge is 0.465 e. The summed E-state index contributed by atoms with van der Waals surface area (Å²) in [5.74, 6) is -1.23. The second-order valence-corrected chi connectivity index (χ2v) is 8.08. The topological polar surface area (TPSA) is 55.8 Å². The van der Waals surface area contributed by atoms with Gasteiger partial charge in [0.2, 0.25) is 5.91 Å². The van der Waals surface area contributed by atoms with Crippen LogP contribution in [-0.4, -0.2) is 41.6 Å². The minimum atomic E-state index is -0.647. The van der Waals surface area contributed by atoms with E-state index in [1.807, 2.05) is 34.6 Å². The van der Waals surface area contributed by atoms with Crippen LogP contribution < -0.4 is 0 Å². The third kappa shape index (κ3) is 2.81. The molecule has 0 aromatic carbocycles. The lowest BCUT2D eigenvalue weighted by Gasteiger charge is -2.22. The molecule has 1 aromatic heterocycles. The minimum Gasteiger partial charge on any atom is -0.465 e. The number of nitrogens with zero attached hydrogens (tertiary/aromatic N) is 1. The molecule has 2 bridgehead atoms. The zero-order valence-electron chi connectivity index (χ0n) is 14.3. The molecule has 1 amide bonds. The molecule has 4 heterocycles. The second-order valence-electron chi connectivity index (χ2n) is 7.05. The molecule has 3 aliphatic heterocycles. The number of ether oxygens (including phenoxy) is 2. The summed E-state index contributed by atoms with van der Waals surface area (Å²) in [6.07, 6.45) is 6.57. The van der Waals surface area contributed by atoms with Gasteiger partial charge in [-0.1, -0.05) is 38.0 Å². The van der Waals surface area contributed by atoms with Crippen molar-refractivity contribution in [2.75, 3.05) is 13.2 Å². The van der Waals surface area contributed by atoms with E-state index in [4.69, 9.17) is 9.47 Å². The third-order valence-electron chi connectivity index (χ3n) is 5.37. The van der Waals surface area contributed by atoms with E-state index in [2.05, 4.69) is 6.92 Å². The van der Waals surface area contributed by atoms with Crippen LogP contribution in [0, 0.1) is 11.8 Å². The lowest BCUT2D eigenvalue weighted by atomic mass is 9.77. The van der Waals surface area contributed by atoms with E-state index in [1.165, 1.54) is 0 Å². The van der Waals surface area contributed by atoms with Crippen molar-refractivity contribution in [3.05, 3.63) is 34.5 Å². The van der Waals surface area contributed by atoms with Gasteiger partial charge >= 0.3 is 5.97 Å². The lowest BCUT2D eigenvalue weighted by molar-refractivity contribution is -0.154. The molecule has 0 aliphatic carbocycles. The van der Waals surface area contributed by atoms with Crippen molar-refractivity contribution in [1.29, 1.82) is 0 Å². The Kier molecular flexibility index (Phi) is 4.41. The molecule has 1 aromatic rings. The van der Waals surface area contributed by atoms with Crippen molar-refractivity contribution >= 4 is 23.2 Å². The highest BCUT2D eigenvalue weighted by atomic mass is 32.1. The number of hydrogen-bond acceptors (Lipinski definition) is 5. The smallest absolute Gasteiger partial charge is 0.312 e. The summed E-state index contributed by atoms with van der Waals surface area (Å²) in [7, 11) is 0. The summed E-state index contributed by atoms with van der Waals surface area (Å²) in [4.78, 5) is 28.6. The second kappa shape index (κ2) is 6.57. The molecular formula is C19H23NO4S. The van der Waals surface area contributed by atoms with Gasteiger partial charge < -0.3 is 14.4 Å². The fraction of sp³-hybridized carbons (Fsp3) is 0.579. The average molecular weight is 361 g/mol. The first-order chi connectivity index (χ1) is 12.1. The molecule has 1 spiro atoms. The van der Waals surface area contributed by atoms with Crippen LogP contribution in [-0.2, 0) is 25.6 Å². The average Bonchev–Trinajstić information content (AvgIpc) is 3.35. The molecule has 0 unspecified atom stereocenters. The predicted molar refractivity (Wildman–Crippen MR) is 93.9 cm³/mol. The van der Waals surface area contributed by atoms with Crippen molar-refractivity contribution in [2.45, 2.75) is 44.4 Å². The van der Waals surface area contributed by atoms with E-state index in [0.29, 0.717) is 19.7 Å². The van der Waals surface area contributed by atoms with Gasteiger partial charge in [-0.15, -0.1) is 11.3 Å². The number of likely N-dealkylation sites (tertiary alicyclic amines) is 1. The molecule has 0 N–H and O–H groups in total. The molecule has 5 nitrogen and oxygen atoms in total.